The van der Waals surface area contributed by atoms with E-state index in [4.69, 9.17) is 4.84 Å². The van der Waals surface area contributed by atoms with Crippen molar-refractivity contribution >= 4 is 5.91 Å². The normalized spacial score (nSPS) is 20.3. The maximum atomic E-state index is 14.1. The number of hydrogen-bond donors (Lipinski definition) is 0. The maximum absolute atomic E-state index is 14.1. The number of nitrogens with zero attached hydrogens (tertiary/aromatic N) is 4. The molecule has 1 aliphatic heterocycles. The van der Waals surface area contributed by atoms with E-state index >= 15 is 0 Å². The van der Waals surface area contributed by atoms with E-state index in [0.29, 0.717) is 0 Å². The van der Waals surface area contributed by atoms with Crippen molar-refractivity contribution in [3.63, 3.8) is 0 Å². The zero-order chi connectivity index (χ0) is 15.0. The summed E-state index contributed by atoms with van der Waals surface area (Å²) in [5, 5.41) is 5.17. The van der Waals surface area contributed by atoms with Crippen LogP contribution in [0.4, 0.5) is 4.39 Å². The molecule has 1 aromatic heterocycles. The highest BCUT2D eigenvalue weighted by atomic mass is 19.1. The van der Waals surface area contributed by atoms with E-state index in [9.17, 15) is 9.18 Å². The summed E-state index contributed by atoms with van der Waals surface area (Å²) in [4.78, 5) is 20.8. The van der Waals surface area contributed by atoms with Crippen molar-refractivity contribution in [2.75, 3.05) is 14.2 Å². The standard InChI is InChI=1S/C14H15FN4O2/c1-18(21-2)14(20)12-16-13-10(15)8-11(19(13)17-12)9-6-4-3-5-7-9/h3-7,10-11H,8H2,1-2H3. The van der Waals surface area contributed by atoms with E-state index in [-0.39, 0.29) is 24.1 Å². The number of hydroxylamine groups is 2. The quantitative estimate of drug-likeness (QED) is 0.810. The van der Waals surface area contributed by atoms with Gasteiger partial charge in [-0.3, -0.25) is 9.63 Å². The van der Waals surface area contributed by atoms with Crippen LogP contribution in [0.3, 0.4) is 0 Å². The largest absolute Gasteiger partial charge is 0.316 e. The van der Waals surface area contributed by atoms with Crippen molar-refractivity contribution < 1.29 is 14.0 Å². The van der Waals surface area contributed by atoms with Gasteiger partial charge in [-0.2, -0.15) is 0 Å². The SMILES string of the molecule is CON(C)C(=O)c1nc2n(n1)C(c1ccccc1)CC2F. The summed E-state index contributed by atoms with van der Waals surface area (Å²) in [6, 6.07) is 9.27. The summed E-state index contributed by atoms with van der Waals surface area (Å²) in [6.07, 6.45) is -0.939. The molecule has 1 amide bonds. The van der Waals surface area contributed by atoms with Crippen LogP contribution < -0.4 is 0 Å². The fourth-order valence-corrected chi connectivity index (χ4v) is 2.45. The van der Waals surface area contributed by atoms with E-state index in [1.54, 1.807) is 0 Å². The minimum Gasteiger partial charge on any atom is -0.274 e. The number of halogens is 1. The zero-order valence-corrected chi connectivity index (χ0v) is 11.7. The molecule has 2 heterocycles. The van der Waals surface area contributed by atoms with Gasteiger partial charge in [-0.05, 0) is 5.56 Å². The lowest BCUT2D eigenvalue weighted by Crippen LogP contribution is -2.26. The third-order valence-electron chi connectivity index (χ3n) is 3.60. The number of alkyl halides is 1. The van der Waals surface area contributed by atoms with Crippen LogP contribution in [0.2, 0.25) is 0 Å². The van der Waals surface area contributed by atoms with Gasteiger partial charge in [0.2, 0.25) is 5.82 Å². The fourth-order valence-electron chi connectivity index (χ4n) is 2.45. The minimum atomic E-state index is -1.22. The molecule has 0 spiro atoms. The van der Waals surface area contributed by atoms with E-state index in [1.807, 2.05) is 30.3 Å². The van der Waals surface area contributed by atoms with E-state index in [0.717, 1.165) is 10.6 Å². The molecule has 0 aliphatic carbocycles. The highest BCUT2D eigenvalue weighted by Gasteiger charge is 2.36. The maximum Gasteiger partial charge on any atom is 0.316 e. The molecular weight excluding hydrogens is 275 g/mol. The van der Waals surface area contributed by atoms with Crippen LogP contribution in [-0.2, 0) is 4.84 Å². The summed E-state index contributed by atoms with van der Waals surface area (Å²) in [6.45, 7) is 0. The molecule has 0 radical (unpaired) electrons. The predicted molar refractivity (Wildman–Crippen MR) is 72.2 cm³/mol. The van der Waals surface area contributed by atoms with E-state index in [2.05, 4.69) is 10.1 Å². The number of amides is 1. The molecule has 0 bridgehead atoms. The smallest absolute Gasteiger partial charge is 0.274 e. The molecule has 2 unspecified atom stereocenters. The molecular formula is C14H15FN4O2. The van der Waals surface area contributed by atoms with Crippen LogP contribution in [0.1, 0.15) is 40.6 Å². The Bertz CT molecular complexity index is 658. The Morgan fingerprint density at radius 1 is 1.43 bits per heavy atom. The van der Waals surface area contributed by atoms with Crippen LogP contribution in [-0.4, -0.2) is 39.9 Å². The van der Waals surface area contributed by atoms with Gasteiger partial charge in [0.05, 0.1) is 13.2 Å². The van der Waals surface area contributed by atoms with Gasteiger partial charge >= 0.3 is 5.91 Å². The summed E-state index contributed by atoms with van der Waals surface area (Å²) in [7, 11) is 2.82. The number of aromatic nitrogens is 3. The minimum absolute atomic E-state index is 0.0577. The van der Waals surface area contributed by atoms with Crippen molar-refractivity contribution in [3.8, 4) is 0 Å². The van der Waals surface area contributed by atoms with Crippen molar-refractivity contribution in [1.29, 1.82) is 0 Å². The monoisotopic (exact) mass is 290 g/mol. The van der Waals surface area contributed by atoms with Crippen LogP contribution in [0.5, 0.6) is 0 Å². The highest BCUT2D eigenvalue weighted by molar-refractivity contribution is 5.89. The lowest BCUT2D eigenvalue weighted by molar-refractivity contribution is -0.0764. The molecule has 0 saturated carbocycles. The molecule has 0 fully saturated rings. The lowest BCUT2D eigenvalue weighted by Gasteiger charge is -2.12. The number of carbonyl (C=O) groups excluding carboxylic acids is 1. The average Bonchev–Trinajstić information content (AvgIpc) is 3.07. The number of rotatable bonds is 3. The Kier molecular flexibility index (Phi) is 3.42. The lowest BCUT2D eigenvalue weighted by atomic mass is 10.0. The van der Waals surface area contributed by atoms with Crippen molar-refractivity contribution in [2.45, 2.75) is 18.6 Å². The highest BCUT2D eigenvalue weighted by Crippen LogP contribution is 2.39. The number of fused-ring (bicyclic) bond motifs is 1. The third kappa shape index (κ3) is 2.29. The fraction of sp³-hybridized carbons (Fsp3) is 0.357. The molecule has 6 nitrogen and oxygen atoms in total. The topological polar surface area (TPSA) is 60.2 Å². The molecule has 3 rings (SSSR count). The van der Waals surface area contributed by atoms with Gasteiger partial charge in [0, 0.05) is 13.5 Å². The second-order valence-electron chi connectivity index (χ2n) is 4.85. The first kappa shape index (κ1) is 13.7. The summed E-state index contributed by atoms with van der Waals surface area (Å²) in [5.74, 6) is -0.368. The van der Waals surface area contributed by atoms with Crippen LogP contribution >= 0.6 is 0 Å². The van der Waals surface area contributed by atoms with Gasteiger partial charge in [-0.1, -0.05) is 30.3 Å². The first-order chi connectivity index (χ1) is 10.1. The van der Waals surface area contributed by atoms with Crippen LogP contribution in [0.15, 0.2) is 30.3 Å². The predicted octanol–water partition coefficient (Wildman–Crippen LogP) is 1.92. The molecule has 2 aromatic rings. The number of hydrogen-bond acceptors (Lipinski definition) is 4. The average molecular weight is 290 g/mol. The van der Waals surface area contributed by atoms with E-state index in [1.165, 1.54) is 18.8 Å². The molecule has 0 saturated heterocycles. The molecule has 1 aromatic carbocycles. The number of carbonyl (C=O) groups is 1. The third-order valence-corrected chi connectivity index (χ3v) is 3.60. The molecule has 2 atom stereocenters. The molecule has 1 aliphatic rings. The van der Waals surface area contributed by atoms with E-state index < -0.39 is 12.1 Å². The Morgan fingerprint density at radius 3 is 2.81 bits per heavy atom. The molecule has 0 N–H and O–H groups in total. The molecule has 21 heavy (non-hydrogen) atoms. The van der Waals surface area contributed by atoms with Crippen molar-refractivity contribution in [3.05, 3.63) is 47.5 Å². The van der Waals surface area contributed by atoms with Gasteiger partial charge in [0.1, 0.15) is 0 Å². The van der Waals surface area contributed by atoms with Crippen LogP contribution in [0.25, 0.3) is 0 Å². The van der Waals surface area contributed by atoms with Crippen molar-refractivity contribution in [1.82, 2.24) is 19.8 Å². The van der Waals surface area contributed by atoms with Gasteiger partial charge in [-0.15, -0.1) is 5.10 Å². The van der Waals surface area contributed by atoms with Crippen LogP contribution in [0, 0.1) is 0 Å². The summed E-state index contributed by atoms with van der Waals surface area (Å²) < 4.78 is 15.6. The first-order valence-corrected chi connectivity index (χ1v) is 6.59. The first-order valence-electron chi connectivity index (χ1n) is 6.59. The summed E-state index contributed by atoms with van der Waals surface area (Å²) >= 11 is 0. The second-order valence-corrected chi connectivity index (χ2v) is 4.85. The van der Waals surface area contributed by atoms with Crippen molar-refractivity contribution in [2.24, 2.45) is 0 Å². The van der Waals surface area contributed by atoms with Gasteiger partial charge < -0.3 is 0 Å². The number of benzene rings is 1. The Balaban J connectivity index is 1.96. The Hall–Kier alpha value is -2.28. The Labute approximate surface area is 121 Å². The zero-order valence-electron chi connectivity index (χ0n) is 11.7. The van der Waals surface area contributed by atoms with Gasteiger partial charge in [0.15, 0.2) is 12.0 Å². The Morgan fingerprint density at radius 2 is 2.14 bits per heavy atom. The summed E-state index contributed by atoms with van der Waals surface area (Å²) in [5.41, 5.74) is 0.947. The van der Waals surface area contributed by atoms with Gasteiger partial charge in [-0.25, -0.2) is 19.1 Å². The second kappa shape index (κ2) is 5.25. The van der Waals surface area contributed by atoms with Gasteiger partial charge in [0.25, 0.3) is 0 Å². The molecule has 7 heteroatoms. The molecule has 110 valence electrons.